The van der Waals surface area contributed by atoms with E-state index in [1.54, 1.807) is 12.1 Å². The maximum absolute atomic E-state index is 12.0. The summed E-state index contributed by atoms with van der Waals surface area (Å²) in [6, 6.07) is 11.7. The predicted molar refractivity (Wildman–Crippen MR) is 97.5 cm³/mol. The lowest BCUT2D eigenvalue weighted by Crippen LogP contribution is -2.36. The highest BCUT2D eigenvalue weighted by Gasteiger charge is 2.18. The highest BCUT2D eigenvalue weighted by atomic mass is 32.2. The summed E-state index contributed by atoms with van der Waals surface area (Å²) >= 11 is 0. The molecule has 0 spiro atoms. The van der Waals surface area contributed by atoms with Crippen molar-refractivity contribution in [1.82, 2.24) is 0 Å². The number of rotatable bonds is 3. The van der Waals surface area contributed by atoms with Crippen molar-refractivity contribution in [2.75, 3.05) is 37.5 Å². The molecule has 0 N–H and O–H groups in total. The van der Waals surface area contributed by atoms with Crippen molar-refractivity contribution >= 4 is 15.5 Å². The molecule has 0 bridgehead atoms. The van der Waals surface area contributed by atoms with Gasteiger partial charge in [-0.15, -0.1) is 0 Å². The Balaban J connectivity index is 2.16. The van der Waals surface area contributed by atoms with E-state index in [0.717, 1.165) is 54.2 Å². The largest absolute Gasteiger partial charge is 0.378 e. The van der Waals surface area contributed by atoms with Crippen LogP contribution in [0.1, 0.15) is 11.1 Å². The Labute approximate surface area is 144 Å². The molecule has 2 aromatic rings. The molecule has 4 nitrogen and oxygen atoms in total. The van der Waals surface area contributed by atoms with E-state index >= 15 is 0 Å². The first-order valence-corrected chi connectivity index (χ1v) is 10.00. The number of sulfone groups is 1. The average Bonchev–Trinajstić information content (AvgIpc) is 2.55. The molecule has 3 rings (SSSR count). The summed E-state index contributed by atoms with van der Waals surface area (Å²) in [5, 5.41) is 0. The second-order valence-corrected chi connectivity index (χ2v) is 8.38. The normalized spacial score (nSPS) is 15.5. The molecule has 24 heavy (non-hydrogen) atoms. The zero-order valence-corrected chi connectivity index (χ0v) is 15.2. The minimum atomic E-state index is -3.23. The van der Waals surface area contributed by atoms with Crippen LogP contribution >= 0.6 is 0 Å². The number of benzene rings is 2. The Morgan fingerprint density at radius 1 is 0.958 bits per heavy atom. The van der Waals surface area contributed by atoms with Crippen LogP contribution in [0.15, 0.2) is 41.3 Å². The quantitative estimate of drug-likeness (QED) is 0.857. The summed E-state index contributed by atoms with van der Waals surface area (Å²) in [5.41, 5.74) is 5.43. The number of hydrogen-bond donors (Lipinski definition) is 0. The molecule has 1 aliphatic rings. The maximum atomic E-state index is 12.0. The van der Waals surface area contributed by atoms with Crippen LogP contribution in [0.4, 0.5) is 5.69 Å². The number of hydrogen-bond acceptors (Lipinski definition) is 4. The minimum Gasteiger partial charge on any atom is -0.378 e. The summed E-state index contributed by atoms with van der Waals surface area (Å²) in [7, 11) is -3.23. The number of aryl methyl sites for hydroxylation is 2. The van der Waals surface area contributed by atoms with Crippen LogP contribution in [0.25, 0.3) is 11.1 Å². The lowest BCUT2D eigenvalue weighted by Gasteiger charge is -2.31. The van der Waals surface area contributed by atoms with Crippen molar-refractivity contribution in [2.24, 2.45) is 0 Å². The minimum absolute atomic E-state index is 0.359. The van der Waals surface area contributed by atoms with Gasteiger partial charge in [0.25, 0.3) is 0 Å². The number of anilines is 1. The third-order valence-corrected chi connectivity index (χ3v) is 5.54. The van der Waals surface area contributed by atoms with E-state index in [0.29, 0.717) is 4.90 Å². The van der Waals surface area contributed by atoms with Crippen LogP contribution in [-0.2, 0) is 14.6 Å². The fourth-order valence-corrected chi connectivity index (χ4v) is 3.71. The van der Waals surface area contributed by atoms with E-state index in [1.165, 1.54) is 6.26 Å². The van der Waals surface area contributed by atoms with Gasteiger partial charge in [-0.05, 0) is 49.2 Å². The van der Waals surface area contributed by atoms with Crippen LogP contribution in [0.3, 0.4) is 0 Å². The zero-order chi connectivity index (χ0) is 17.3. The van der Waals surface area contributed by atoms with Crippen LogP contribution in [0.5, 0.6) is 0 Å². The van der Waals surface area contributed by atoms with Gasteiger partial charge in [0.15, 0.2) is 9.84 Å². The Bertz CT molecular complexity index is 853. The third-order valence-electron chi connectivity index (χ3n) is 4.43. The van der Waals surface area contributed by atoms with Crippen molar-refractivity contribution in [2.45, 2.75) is 18.7 Å². The van der Waals surface area contributed by atoms with Gasteiger partial charge in [0, 0.05) is 30.6 Å². The zero-order valence-electron chi connectivity index (χ0n) is 14.4. The SMILES string of the molecule is Cc1ccc(N2CCOCC2)c(-c2cc(S(C)(=O)=O)ccc2C)c1. The highest BCUT2D eigenvalue weighted by molar-refractivity contribution is 7.90. The van der Waals surface area contributed by atoms with E-state index in [2.05, 4.69) is 30.0 Å². The molecule has 1 saturated heterocycles. The van der Waals surface area contributed by atoms with Crippen molar-refractivity contribution in [3.8, 4) is 11.1 Å². The van der Waals surface area contributed by atoms with Gasteiger partial charge in [-0.1, -0.05) is 17.7 Å². The summed E-state index contributed by atoms with van der Waals surface area (Å²) < 4.78 is 29.4. The molecule has 1 fully saturated rings. The van der Waals surface area contributed by atoms with E-state index in [1.807, 2.05) is 13.0 Å². The molecular weight excluding hydrogens is 322 g/mol. The first kappa shape index (κ1) is 17.0. The fraction of sp³-hybridized carbons (Fsp3) is 0.368. The first-order valence-electron chi connectivity index (χ1n) is 8.11. The molecular formula is C19H23NO3S. The fourth-order valence-electron chi connectivity index (χ4n) is 3.07. The first-order chi connectivity index (χ1) is 11.4. The molecule has 0 atom stereocenters. The van der Waals surface area contributed by atoms with Crippen molar-refractivity contribution < 1.29 is 13.2 Å². The molecule has 1 heterocycles. The molecule has 0 aromatic heterocycles. The van der Waals surface area contributed by atoms with Crippen LogP contribution in [0, 0.1) is 13.8 Å². The molecule has 5 heteroatoms. The average molecular weight is 345 g/mol. The molecule has 0 saturated carbocycles. The topological polar surface area (TPSA) is 46.6 Å². The van der Waals surface area contributed by atoms with Gasteiger partial charge in [0.2, 0.25) is 0 Å². The van der Waals surface area contributed by atoms with Crippen LogP contribution in [-0.4, -0.2) is 41.0 Å². The molecule has 0 radical (unpaired) electrons. The molecule has 128 valence electrons. The summed E-state index contributed by atoms with van der Waals surface area (Å²) in [6.45, 7) is 7.21. The van der Waals surface area contributed by atoms with Crippen molar-refractivity contribution in [3.63, 3.8) is 0 Å². The van der Waals surface area contributed by atoms with Gasteiger partial charge in [-0.3, -0.25) is 0 Å². The van der Waals surface area contributed by atoms with E-state index in [-0.39, 0.29) is 0 Å². The molecule has 0 unspecified atom stereocenters. The second-order valence-electron chi connectivity index (χ2n) is 6.37. The lowest BCUT2D eigenvalue weighted by molar-refractivity contribution is 0.123. The Hall–Kier alpha value is -1.85. The van der Waals surface area contributed by atoms with Crippen LogP contribution in [0.2, 0.25) is 0 Å². The van der Waals surface area contributed by atoms with Crippen molar-refractivity contribution in [3.05, 3.63) is 47.5 Å². The third kappa shape index (κ3) is 3.47. The Morgan fingerprint density at radius 2 is 1.67 bits per heavy atom. The number of morpholine rings is 1. The molecule has 0 aliphatic carbocycles. The molecule has 1 aliphatic heterocycles. The number of ether oxygens (including phenoxy) is 1. The van der Waals surface area contributed by atoms with Gasteiger partial charge in [-0.2, -0.15) is 0 Å². The predicted octanol–water partition coefficient (Wildman–Crippen LogP) is 3.21. The van der Waals surface area contributed by atoms with Gasteiger partial charge < -0.3 is 9.64 Å². The van der Waals surface area contributed by atoms with E-state index < -0.39 is 9.84 Å². The van der Waals surface area contributed by atoms with Crippen molar-refractivity contribution in [1.29, 1.82) is 0 Å². The molecule has 2 aromatic carbocycles. The van der Waals surface area contributed by atoms with Gasteiger partial charge in [-0.25, -0.2) is 8.42 Å². The van der Waals surface area contributed by atoms with E-state index in [9.17, 15) is 8.42 Å². The van der Waals surface area contributed by atoms with Gasteiger partial charge >= 0.3 is 0 Å². The summed E-state index contributed by atoms with van der Waals surface area (Å²) in [5.74, 6) is 0. The highest BCUT2D eigenvalue weighted by Crippen LogP contribution is 2.35. The smallest absolute Gasteiger partial charge is 0.175 e. The van der Waals surface area contributed by atoms with Gasteiger partial charge in [0.1, 0.15) is 0 Å². The second kappa shape index (κ2) is 6.57. The Kier molecular flexibility index (Phi) is 4.65. The standard InChI is InChI=1S/C19H23NO3S/c1-14-4-7-19(20-8-10-23-11-9-20)18(12-14)17-13-16(24(3,21)22)6-5-15(17)2/h4-7,12-13H,8-11H2,1-3H3. The Morgan fingerprint density at radius 3 is 2.33 bits per heavy atom. The number of nitrogens with zero attached hydrogens (tertiary/aromatic N) is 1. The van der Waals surface area contributed by atoms with Crippen LogP contribution < -0.4 is 4.90 Å². The van der Waals surface area contributed by atoms with Gasteiger partial charge in [0.05, 0.1) is 18.1 Å². The molecule has 0 amide bonds. The lowest BCUT2D eigenvalue weighted by atomic mass is 9.96. The monoisotopic (exact) mass is 345 g/mol. The summed E-state index contributed by atoms with van der Waals surface area (Å²) in [4.78, 5) is 2.67. The maximum Gasteiger partial charge on any atom is 0.175 e. The van der Waals surface area contributed by atoms with E-state index in [4.69, 9.17) is 4.74 Å². The summed E-state index contributed by atoms with van der Waals surface area (Å²) in [6.07, 6.45) is 1.25.